The van der Waals surface area contributed by atoms with E-state index in [9.17, 15) is 5.11 Å². The number of aromatic hydroxyl groups is 1. The van der Waals surface area contributed by atoms with Gasteiger partial charge in [-0.1, -0.05) is 19.1 Å². The molecule has 1 aromatic rings. The first-order valence-electron chi connectivity index (χ1n) is 6.96. The zero-order chi connectivity index (χ0) is 14.1. The van der Waals surface area contributed by atoms with Gasteiger partial charge in [-0.05, 0) is 38.0 Å². The van der Waals surface area contributed by atoms with E-state index in [-0.39, 0.29) is 12.3 Å². The summed E-state index contributed by atoms with van der Waals surface area (Å²) >= 11 is 0. The third-order valence-corrected chi connectivity index (χ3v) is 2.94. The van der Waals surface area contributed by atoms with Gasteiger partial charge in [-0.25, -0.2) is 0 Å². The van der Waals surface area contributed by atoms with Crippen LogP contribution in [-0.2, 0) is 9.47 Å². The first-order valence-corrected chi connectivity index (χ1v) is 6.96. The maximum Gasteiger partial charge on any atom is 0.169 e. The largest absolute Gasteiger partial charge is 0.508 e. The highest BCUT2D eigenvalue weighted by Gasteiger charge is 2.13. The smallest absolute Gasteiger partial charge is 0.169 e. The fourth-order valence-corrected chi connectivity index (χ4v) is 1.98. The average Bonchev–Trinajstić information content (AvgIpc) is 2.41. The molecule has 4 nitrogen and oxygen atoms in total. The molecule has 0 spiro atoms. The standard InChI is InChI=1S/C15H25NO3/c1-4-14(12-7-9-13(17)10-8-12)16-11-15(18-5-2)19-6-3/h7-10,14-17H,4-6,11H2,1-3H3. The highest BCUT2D eigenvalue weighted by molar-refractivity contribution is 5.27. The number of hydrogen-bond acceptors (Lipinski definition) is 4. The number of phenolic OH excluding ortho intramolecular Hbond substituents is 1. The van der Waals surface area contributed by atoms with Gasteiger partial charge in [0.25, 0.3) is 0 Å². The highest BCUT2D eigenvalue weighted by Crippen LogP contribution is 2.19. The minimum atomic E-state index is -0.207. The summed E-state index contributed by atoms with van der Waals surface area (Å²) < 4.78 is 11.0. The van der Waals surface area contributed by atoms with Crippen LogP contribution >= 0.6 is 0 Å². The van der Waals surface area contributed by atoms with Gasteiger partial charge in [0.15, 0.2) is 6.29 Å². The number of nitrogens with one attached hydrogen (secondary N) is 1. The summed E-state index contributed by atoms with van der Waals surface area (Å²) in [5.41, 5.74) is 1.16. The molecule has 1 unspecified atom stereocenters. The Kier molecular flexibility index (Phi) is 7.48. The van der Waals surface area contributed by atoms with Crippen LogP contribution in [-0.4, -0.2) is 31.2 Å². The SMILES string of the molecule is CCOC(CNC(CC)c1ccc(O)cc1)OCC. The first kappa shape index (κ1) is 16.0. The van der Waals surface area contributed by atoms with Crippen LogP contribution in [0.25, 0.3) is 0 Å². The van der Waals surface area contributed by atoms with Crippen molar-refractivity contribution in [3.05, 3.63) is 29.8 Å². The van der Waals surface area contributed by atoms with Crippen molar-refractivity contribution in [2.75, 3.05) is 19.8 Å². The summed E-state index contributed by atoms with van der Waals surface area (Å²) in [6.07, 6.45) is 0.761. The highest BCUT2D eigenvalue weighted by atomic mass is 16.7. The molecule has 0 saturated carbocycles. The van der Waals surface area contributed by atoms with Gasteiger partial charge in [0, 0.05) is 25.8 Å². The molecule has 1 rings (SSSR count). The van der Waals surface area contributed by atoms with E-state index in [0.717, 1.165) is 12.0 Å². The summed E-state index contributed by atoms with van der Waals surface area (Å²) in [4.78, 5) is 0. The van der Waals surface area contributed by atoms with E-state index in [4.69, 9.17) is 9.47 Å². The lowest BCUT2D eigenvalue weighted by atomic mass is 10.0. The molecule has 0 amide bonds. The van der Waals surface area contributed by atoms with E-state index in [1.54, 1.807) is 12.1 Å². The van der Waals surface area contributed by atoms with Gasteiger partial charge < -0.3 is 19.9 Å². The molecule has 2 N–H and O–H groups in total. The minimum Gasteiger partial charge on any atom is -0.508 e. The first-order chi connectivity index (χ1) is 9.21. The summed E-state index contributed by atoms with van der Waals surface area (Å²) in [5, 5.41) is 12.8. The Morgan fingerprint density at radius 1 is 1.05 bits per heavy atom. The second-order valence-electron chi connectivity index (χ2n) is 4.30. The number of rotatable bonds is 9. The van der Waals surface area contributed by atoms with Crippen LogP contribution in [0.1, 0.15) is 38.8 Å². The summed E-state index contributed by atoms with van der Waals surface area (Å²) in [5.74, 6) is 0.292. The quantitative estimate of drug-likeness (QED) is 0.676. The Morgan fingerprint density at radius 2 is 1.63 bits per heavy atom. The van der Waals surface area contributed by atoms with Gasteiger partial charge in [-0.3, -0.25) is 0 Å². The fraction of sp³-hybridized carbons (Fsp3) is 0.600. The van der Waals surface area contributed by atoms with Gasteiger partial charge >= 0.3 is 0 Å². The van der Waals surface area contributed by atoms with Crippen LogP contribution in [0.5, 0.6) is 5.75 Å². The van der Waals surface area contributed by atoms with E-state index >= 15 is 0 Å². The van der Waals surface area contributed by atoms with Crippen molar-refractivity contribution >= 4 is 0 Å². The lowest BCUT2D eigenvalue weighted by molar-refractivity contribution is -0.133. The maximum absolute atomic E-state index is 9.31. The molecular weight excluding hydrogens is 242 g/mol. The molecule has 19 heavy (non-hydrogen) atoms. The lowest BCUT2D eigenvalue weighted by Crippen LogP contribution is -2.33. The van der Waals surface area contributed by atoms with Crippen molar-refractivity contribution in [1.82, 2.24) is 5.32 Å². The van der Waals surface area contributed by atoms with Crippen molar-refractivity contribution in [1.29, 1.82) is 0 Å². The molecular formula is C15H25NO3. The third kappa shape index (κ3) is 5.59. The predicted molar refractivity (Wildman–Crippen MR) is 76.2 cm³/mol. The number of hydrogen-bond donors (Lipinski definition) is 2. The maximum atomic E-state index is 9.31. The van der Waals surface area contributed by atoms with E-state index < -0.39 is 0 Å². The van der Waals surface area contributed by atoms with Crippen LogP contribution in [0.3, 0.4) is 0 Å². The summed E-state index contributed by atoms with van der Waals surface area (Å²) in [6.45, 7) is 7.99. The molecule has 0 aromatic heterocycles. The minimum absolute atomic E-state index is 0.207. The zero-order valence-corrected chi connectivity index (χ0v) is 12.1. The van der Waals surface area contributed by atoms with Crippen molar-refractivity contribution in [3.8, 4) is 5.75 Å². The Balaban J connectivity index is 2.53. The van der Waals surface area contributed by atoms with Crippen molar-refractivity contribution in [2.24, 2.45) is 0 Å². The topological polar surface area (TPSA) is 50.7 Å². The number of ether oxygens (including phenoxy) is 2. The van der Waals surface area contributed by atoms with E-state index in [1.807, 2.05) is 26.0 Å². The molecule has 1 aromatic carbocycles. The molecule has 0 heterocycles. The number of benzene rings is 1. The van der Waals surface area contributed by atoms with Gasteiger partial charge in [0.1, 0.15) is 5.75 Å². The van der Waals surface area contributed by atoms with E-state index in [1.165, 1.54) is 0 Å². The zero-order valence-electron chi connectivity index (χ0n) is 12.1. The molecule has 108 valence electrons. The lowest BCUT2D eigenvalue weighted by Gasteiger charge is -2.22. The predicted octanol–water partition coefficient (Wildman–Crippen LogP) is 2.83. The third-order valence-electron chi connectivity index (χ3n) is 2.94. The molecule has 0 aliphatic carbocycles. The molecule has 4 heteroatoms. The van der Waals surface area contributed by atoms with Crippen LogP contribution < -0.4 is 5.32 Å². The molecule has 0 aliphatic heterocycles. The Hall–Kier alpha value is -1.10. The fourth-order valence-electron chi connectivity index (χ4n) is 1.98. The molecule has 0 aliphatic rings. The monoisotopic (exact) mass is 267 g/mol. The molecule has 0 fully saturated rings. The van der Waals surface area contributed by atoms with Crippen LogP contribution in [0, 0.1) is 0 Å². The van der Waals surface area contributed by atoms with Crippen LogP contribution in [0.4, 0.5) is 0 Å². The van der Waals surface area contributed by atoms with Crippen LogP contribution in [0.2, 0.25) is 0 Å². The van der Waals surface area contributed by atoms with Gasteiger partial charge in [-0.15, -0.1) is 0 Å². The molecule has 0 bridgehead atoms. The molecule has 0 radical (unpaired) electrons. The Morgan fingerprint density at radius 3 is 2.11 bits per heavy atom. The second-order valence-corrected chi connectivity index (χ2v) is 4.30. The van der Waals surface area contributed by atoms with Gasteiger partial charge in [0.05, 0.1) is 0 Å². The molecule has 1 atom stereocenters. The van der Waals surface area contributed by atoms with Gasteiger partial charge in [-0.2, -0.15) is 0 Å². The van der Waals surface area contributed by atoms with Crippen molar-refractivity contribution in [3.63, 3.8) is 0 Å². The van der Waals surface area contributed by atoms with Crippen molar-refractivity contribution < 1.29 is 14.6 Å². The van der Waals surface area contributed by atoms with E-state index in [0.29, 0.717) is 25.5 Å². The normalized spacial score (nSPS) is 12.8. The van der Waals surface area contributed by atoms with Gasteiger partial charge in [0.2, 0.25) is 0 Å². The Labute approximate surface area is 115 Å². The second kappa shape index (κ2) is 8.91. The summed E-state index contributed by atoms with van der Waals surface area (Å²) in [7, 11) is 0. The van der Waals surface area contributed by atoms with Crippen LogP contribution in [0.15, 0.2) is 24.3 Å². The number of phenols is 1. The molecule has 0 saturated heterocycles. The average molecular weight is 267 g/mol. The van der Waals surface area contributed by atoms with E-state index in [2.05, 4.69) is 12.2 Å². The summed E-state index contributed by atoms with van der Waals surface area (Å²) in [6, 6.07) is 7.54. The Bertz CT molecular complexity index is 334. The van der Waals surface area contributed by atoms with Crippen molar-refractivity contribution in [2.45, 2.75) is 39.5 Å².